The van der Waals surface area contributed by atoms with Gasteiger partial charge in [-0.2, -0.15) is 0 Å². The molecule has 0 radical (unpaired) electrons. The molecule has 0 aliphatic carbocycles. The van der Waals surface area contributed by atoms with Crippen molar-refractivity contribution in [3.63, 3.8) is 0 Å². The Morgan fingerprint density at radius 2 is 1.92 bits per heavy atom. The minimum atomic E-state index is -0.904. The van der Waals surface area contributed by atoms with E-state index in [-0.39, 0.29) is 0 Å². The van der Waals surface area contributed by atoms with E-state index in [1.165, 1.54) is 0 Å². The third-order valence-electron chi connectivity index (χ3n) is 1.26. The van der Waals surface area contributed by atoms with Crippen LogP contribution in [0.3, 0.4) is 0 Å². The van der Waals surface area contributed by atoms with Crippen LogP contribution in [-0.2, 0) is 4.74 Å². The van der Waals surface area contributed by atoms with Crippen LogP contribution in [0.1, 0.15) is 11.1 Å². The monoisotopic (exact) mass is 204 g/mol. The Bertz CT molecular complexity index is 261. The molecule has 1 aromatic carbocycles. The van der Waals surface area contributed by atoms with Crippen molar-refractivity contribution >= 4 is 28.6 Å². The lowest BCUT2D eigenvalue weighted by molar-refractivity contribution is 0.160. The summed E-state index contributed by atoms with van der Waals surface area (Å²) in [7, 11) is 0. The molecule has 1 aromatic rings. The van der Waals surface area contributed by atoms with Gasteiger partial charge >= 0.3 is 5.43 Å². The maximum absolute atomic E-state index is 10.3. The first-order valence-electron chi connectivity index (χ1n) is 3.25. The number of rotatable bonds is 2. The van der Waals surface area contributed by atoms with Crippen LogP contribution in [0, 0.1) is 0 Å². The van der Waals surface area contributed by atoms with Crippen LogP contribution < -0.4 is 0 Å². The lowest BCUT2D eigenvalue weighted by atomic mass is 10.2. The number of ether oxygens (including phenoxy) is 1. The van der Waals surface area contributed by atoms with Gasteiger partial charge in [0.1, 0.15) is 0 Å². The van der Waals surface area contributed by atoms with E-state index in [1.54, 1.807) is 24.3 Å². The third-order valence-corrected chi connectivity index (χ3v) is 1.69. The normalized spacial score (nSPS) is 12.2. The highest BCUT2D eigenvalue weighted by Gasteiger charge is 2.10. The van der Waals surface area contributed by atoms with E-state index in [9.17, 15) is 4.79 Å². The SMILES string of the molecule is O=C(Cl)OC(Cl)c1ccccc1. The van der Waals surface area contributed by atoms with Crippen molar-refractivity contribution in [2.75, 3.05) is 0 Å². The lowest BCUT2D eigenvalue weighted by Gasteiger charge is -2.07. The van der Waals surface area contributed by atoms with Crippen LogP contribution in [0.5, 0.6) is 0 Å². The van der Waals surface area contributed by atoms with Crippen molar-refractivity contribution in [3.8, 4) is 0 Å². The van der Waals surface area contributed by atoms with Gasteiger partial charge in [-0.05, 0) is 0 Å². The van der Waals surface area contributed by atoms with E-state index in [4.69, 9.17) is 23.2 Å². The number of halogens is 2. The fraction of sp³-hybridized carbons (Fsp3) is 0.125. The highest BCUT2D eigenvalue weighted by molar-refractivity contribution is 6.61. The summed E-state index contributed by atoms with van der Waals surface area (Å²) >= 11 is 10.7. The van der Waals surface area contributed by atoms with Crippen LogP contribution in [0.4, 0.5) is 4.79 Å². The predicted octanol–water partition coefficient (Wildman–Crippen LogP) is 3.30. The first-order valence-corrected chi connectivity index (χ1v) is 4.06. The van der Waals surface area contributed by atoms with Crippen molar-refractivity contribution in [1.29, 1.82) is 0 Å². The summed E-state index contributed by atoms with van der Waals surface area (Å²) in [6.07, 6.45) is 0. The molecule has 0 bridgehead atoms. The van der Waals surface area contributed by atoms with Crippen molar-refractivity contribution in [2.45, 2.75) is 5.56 Å². The number of alkyl halides is 1. The molecule has 0 N–H and O–H groups in total. The molecule has 1 unspecified atom stereocenters. The Morgan fingerprint density at radius 3 is 2.42 bits per heavy atom. The zero-order valence-electron chi connectivity index (χ0n) is 6.04. The van der Waals surface area contributed by atoms with E-state index in [0.29, 0.717) is 5.56 Å². The molecule has 64 valence electrons. The maximum atomic E-state index is 10.3. The molecule has 0 amide bonds. The molecule has 0 fully saturated rings. The fourth-order valence-electron chi connectivity index (χ4n) is 0.754. The van der Waals surface area contributed by atoms with Gasteiger partial charge < -0.3 is 4.74 Å². The molecule has 0 aliphatic rings. The number of hydrogen-bond acceptors (Lipinski definition) is 2. The second kappa shape index (κ2) is 4.33. The molecule has 2 nitrogen and oxygen atoms in total. The number of benzene rings is 1. The summed E-state index contributed by atoms with van der Waals surface area (Å²) in [5.41, 5.74) is -1.01. The first-order chi connectivity index (χ1) is 5.70. The molecule has 4 heteroatoms. The molecule has 0 aliphatic heterocycles. The molecular formula is C8H6Cl2O2. The minimum Gasteiger partial charge on any atom is -0.429 e. The standard InChI is InChI=1S/C8H6Cl2O2/c9-7(12-8(10)11)6-4-2-1-3-5-6/h1-5,7H. The highest BCUT2D eigenvalue weighted by atomic mass is 35.5. The van der Waals surface area contributed by atoms with E-state index >= 15 is 0 Å². The lowest BCUT2D eigenvalue weighted by Crippen LogP contribution is -1.98. The summed E-state index contributed by atoms with van der Waals surface area (Å²) in [6.45, 7) is 0. The zero-order valence-corrected chi connectivity index (χ0v) is 7.55. The molecular weight excluding hydrogens is 199 g/mol. The second-order valence-electron chi connectivity index (χ2n) is 2.08. The van der Waals surface area contributed by atoms with Crippen molar-refractivity contribution in [3.05, 3.63) is 35.9 Å². The Morgan fingerprint density at radius 1 is 1.33 bits per heavy atom. The van der Waals surface area contributed by atoms with Gasteiger partial charge in [0.2, 0.25) is 5.56 Å². The van der Waals surface area contributed by atoms with Crippen LogP contribution in [-0.4, -0.2) is 5.43 Å². The van der Waals surface area contributed by atoms with Gasteiger partial charge in [-0.1, -0.05) is 41.9 Å². The van der Waals surface area contributed by atoms with Gasteiger partial charge in [0.05, 0.1) is 0 Å². The van der Waals surface area contributed by atoms with Crippen LogP contribution in [0.2, 0.25) is 0 Å². The minimum absolute atomic E-state index is 0.702. The Balaban J connectivity index is 2.65. The number of carbonyl (C=O) groups excluding carboxylic acids is 1. The average molecular weight is 205 g/mol. The smallest absolute Gasteiger partial charge is 0.405 e. The Kier molecular flexibility index (Phi) is 3.38. The van der Waals surface area contributed by atoms with Gasteiger partial charge in [0.15, 0.2) is 0 Å². The maximum Gasteiger partial charge on any atom is 0.405 e. The van der Waals surface area contributed by atoms with Crippen molar-refractivity contribution in [1.82, 2.24) is 0 Å². The van der Waals surface area contributed by atoms with E-state index in [2.05, 4.69) is 4.74 Å². The van der Waals surface area contributed by atoms with E-state index in [1.807, 2.05) is 6.07 Å². The van der Waals surface area contributed by atoms with Gasteiger partial charge in [-0.3, -0.25) is 0 Å². The molecule has 1 rings (SSSR count). The van der Waals surface area contributed by atoms with Crippen molar-refractivity contribution < 1.29 is 9.53 Å². The summed E-state index contributed by atoms with van der Waals surface area (Å²) < 4.78 is 4.53. The summed E-state index contributed by atoms with van der Waals surface area (Å²) in [5.74, 6) is 0. The van der Waals surface area contributed by atoms with Crippen LogP contribution in [0.25, 0.3) is 0 Å². The summed E-state index contributed by atoms with van der Waals surface area (Å²) in [5, 5.41) is 0. The quantitative estimate of drug-likeness (QED) is 0.546. The average Bonchev–Trinajstić information content (AvgIpc) is 2.05. The van der Waals surface area contributed by atoms with Crippen LogP contribution >= 0.6 is 23.2 Å². The molecule has 0 saturated heterocycles. The van der Waals surface area contributed by atoms with Gasteiger partial charge in [0, 0.05) is 17.2 Å². The summed E-state index contributed by atoms with van der Waals surface area (Å²) in [4.78, 5) is 10.3. The topological polar surface area (TPSA) is 26.3 Å². The van der Waals surface area contributed by atoms with E-state index in [0.717, 1.165) is 0 Å². The Hall–Kier alpha value is -0.730. The van der Waals surface area contributed by atoms with Gasteiger partial charge in [0.25, 0.3) is 0 Å². The molecule has 0 saturated carbocycles. The Labute approximate surface area is 80.0 Å². The van der Waals surface area contributed by atoms with E-state index < -0.39 is 11.0 Å². The summed E-state index contributed by atoms with van der Waals surface area (Å²) in [6, 6.07) is 8.93. The third kappa shape index (κ3) is 2.72. The second-order valence-corrected chi connectivity index (χ2v) is 2.79. The number of hydrogen-bond donors (Lipinski definition) is 0. The van der Waals surface area contributed by atoms with Crippen LogP contribution in [0.15, 0.2) is 30.3 Å². The van der Waals surface area contributed by atoms with Gasteiger partial charge in [-0.15, -0.1) is 0 Å². The first kappa shape index (κ1) is 9.36. The van der Waals surface area contributed by atoms with Gasteiger partial charge in [-0.25, -0.2) is 4.79 Å². The zero-order chi connectivity index (χ0) is 8.97. The molecule has 0 spiro atoms. The molecule has 0 aromatic heterocycles. The van der Waals surface area contributed by atoms with Crippen molar-refractivity contribution in [2.24, 2.45) is 0 Å². The predicted molar refractivity (Wildman–Crippen MR) is 47.4 cm³/mol. The molecule has 0 heterocycles. The molecule has 12 heavy (non-hydrogen) atoms. The largest absolute Gasteiger partial charge is 0.429 e. The fourth-order valence-corrected chi connectivity index (χ4v) is 1.11. The highest BCUT2D eigenvalue weighted by Crippen LogP contribution is 2.21. The molecule has 1 atom stereocenters. The number of carbonyl (C=O) groups is 1.